The van der Waals surface area contributed by atoms with Gasteiger partial charge in [0, 0.05) is 37.5 Å². The summed E-state index contributed by atoms with van der Waals surface area (Å²) < 4.78 is 44.9. The second-order valence-corrected chi connectivity index (χ2v) is 8.84. The number of benzene rings is 1. The molecule has 0 fully saturated rings. The molecule has 1 amide bonds. The van der Waals surface area contributed by atoms with Gasteiger partial charge >= 0.3 is 0 Å². The molecule has 1 aliphatic rings. The first kappa shape index (κ1) is 23.1. The van der Waals surface area contributed by atoms with E-state index in [-0.39, 0.29) is 23.6 Å². The molecule has 0 saturated carbocycles. The van der Waals surface area contributed by atoms with E-state index in [2.05, 4.69) is 15.2 Å². The van der Waals surface area contributed by atoms with Crippen LogP contribution in [0.15, 0.2) is 30.5 Å². The van der Waals surface area contributed by atoms with Gasteiger partial charge in [-0.3, -0.25) is 9.48 Å². The number of rotatable bonds is 4. The van der Waals surface area contributed by atoms with Gasteiger partial charge in [-0.2, -0.15) is 10.2 Å². The van der Waals surface area contributed by atoms with Crippen molar-refractivity contribution >= 4 is 16.9 Å². The predicted molar refractivity (Wildman–Crippen MR) is 124 cm³/mol. The highest BCUT2D eigenvalue weighted by Crippen LogP contribution is 2.41. The number of fused-ring (bicyclic) bond motifs is 2. The maximum Gasteiger partial charge on any atom is 0.275 e. The van der Waals surface area contributed by atoms with Crippen LogP contribution < -0.4 is 0 Å². The zero-order valence-electron chi connectivity index (χ0n) is 19.9. The van der Waals surface area contributed by atoms with Crippen LogP contribution in [0.3, 0.4) is 0 Å². The fourth-order valence-electron chi connectivity index (χ4n) is 5.24. The number of aryl methyl sites for hydroxylation is 2. The Balaban J connectivity index is 1.64. The Bertz CT molecular complexity index is 1440. The maximum absolute atomic E-state index is 14.1. The molecular formula is C25H25F3N6O. The number of hydrogen-bond donors (Lipinski definition) is 0. The summed E-state index contributed by atoms with van der Waals surface area (Å²) in [6.45, 7) is 3.96. The molecule has 0 bridgehead atoms. The fraction of sp³-hybridized carbons (Fsp3) is 0.360. The minimum absolute atomic E-state index is 0.188. The smallest absolute Gasteiger partial charge is 0.275 e. The SMILES string of the molecule is CCC1Cc2c(nn(C)c2-c2cc(F)c(F)c(F)c2)C(CC)N1C(=O)c1nn(C)c2ncccc12. The van der Waals surface area contributed by atoms with Crippen molar-refractivity contribution in [2.24, 2.45) is 14.1 Å². The Labute approximate surface area is 200 Å². The van der Waals surface area contributed by atoms with Crippen LogP contribution in [-0.4, -0.2) is 41.4 Å². The maximum atomic E-state index is 14.1. The summed E-state index contributed by atoms with van der Waals surface area (Å²) in [5.41, 5.74) is 3.17. The molecular weight excluding hydrogens is 457 g/mol. The van der Waals surface area contributed by atoms with Crippen molar-refractivity contribution in [3.05, 3.63) is 64.9 Å². The molecule has 0 saturated heterocycles. The van der Waals surface area contributed by atoms with Gasteiger partial charge in [-0.25, -0.2) is 22.8 Å². The van der Waals surface area contributed by atoms with Gasteiger partial charge in [0.05, 0.1) is 22.8 Å². The number of amides is 1. The molecule has 4 heterocycles. The van der Waals surface area contributed by atoms with Gasteiger partial charge in [0.1, 0.15) is 0 Å². The molecule has 182 valence electrons. The van der Waals surface area contributed by atoms with Gasteiger partial charge in [0.2, 0.25) is 0 Å². The molecule has 0 spiro atoms. The molecule has 1 aliphatic heterocycles. The summed E-state index contributed by atoms with van der Waals surface area (Å²) in [7, 11) is 3.44. The molecule has 3 aromatic heterocycles. The van der Waals surface area contributed by atoms with Gasteiger partial charge < -0.3 is 4.90 Å². The first-order valence-electron chi connectivity index (χ1n) is 11.6. The van der Waals surface area contributed by atoms with E-state index in [4.69, 9.17) is 0 Å². The van der Waals surface area contributed by atoms with E-state index in [1.54, 1.807) is 35.7 Å². The highest BCUT2D eigenvalue weighted by molar-refractivity contribution is 6.04. The van der Waals surface area contributed by atoms with E-state index in [1.807, 2.05) is 24.8 Å². The second kappa shape index (κ2) is 8.51. The minimum atomic E-state index is -1.50. The largest absolute Gasteiger partial charge is 0.325 e. The van der Waals surface area contributed by atoms with Crippen LogP contribution in [0.1, 0.15) is 54.5 Å². The highest BCUT2D eigenvalue weighted by Gasteiger charge is 2.41. The van der Waals surface area contributed by atoms with Crippen molar-refractivity contribution < 1.29 is 18.0 Å². The van der Waals surface area contributed by atoms with E-state index in [0.717, 1.165) is 17.7 Å². The van der Waals surface area contributed by atoms with Crippen LogP contribution in [0.5, 0.6) is 0 Å². The van der Waals surface area contributed by atoms with Gasteiger partial charge in [-0.1, -0.05) is 13.8 Å². The van der Waals surface area contributed by atoms with Crippen LogP contribution >= 0.6 is 0 Å². The Kier molecular flexibility index (Phi) is 5.61. The summed E-state index contributed by atoms with van der Waals surface area (Å²) in [4.78, 5) is 20.1. The average molecular weight is 483 g/mol. The Hall–Kier alpha value is -3.69. The Morgan fingerprint density at radius 2 is 1.77 bits per heavy atom. The lowest BCUT2D eigenvalue weighted by atomic mass is 9.87. The Morgan fingerprint density at radius 1 is 1.06 bits per heavy atom. The van der Waals surface area contributed by atoms with Crippen molar-refractivity contribution in [3.8, 4) is 11.3 Å². The van der Waals surface area contributed by atoms with Crippen molar-refractivity contribution in [2.75, 3.05) is 0 Å². The number of carbonyl (C=O) groups is 1. The topological polar surface area (TPSA) is 68.8 Å². The number of halogens is 3. The van der Waals surface area contributed by atoms with E-state index in [0.29, 0.717) is 47.4 Å². The molecule has 0 radical (unpaired) electrons. The third kappa shape index (κ3) is 3.50. The average Bonchev–Trinajstić information content (AvgIpc) is 3.36. The molecule has 7 nitrogen and oxygen atoms in total. The van der Waals surface area contributed by atoms with Crippen molar-refractivity contribution in [1.82, 2.24) is 29.4 Å². The molecule has 35 heavy (non-hydrogen) atoms. The van der Waals surface area contributed by atoms with Crippen molar-refractivity contribution in [1.29, 1.82) is 0 Å². The third-order valence-corrected chi connectivity index (χ3v) is 6.81. The predicted octanol–water partition coefficient (Wildman–Crippen LogP) is 4.71. The summed E-state index contributed by atoms with van der Waals surface area (Å²) in [6, 6.07) is 5.03. The van der Waals surface area contributed by atoms with Gasteiger partial charge in [0.15, 0.2) is 28.8 Å². The minimum Gasteiger partial charge on any atom is -0.325 e. The molecule has 2 unspecified atom stereocenters. The number of pyridine rings is 1. The first-order chi connectivity index (χ1) is 16.8. The monoisotopic (exact) mass is 482 g/mol. The van der Waals surface area contributed by atoms with Gasteiger partial charge in [-0.05, 0) is 43.5 Å². The van der Waals surface area contributed by atoms with E-state index in [1.165, 1.54) is 0 Å². The summed E-state index contributed by atoms with van der Waals surface area (Å²) in [6.07, 6.45) is 3.35. The molecule has 4 aromatic rings. The number of hydrogen-bond acceptors (Lipinski definition) is 4. The standard InChI is InChI=1S/C25H25F3N6O/c1-5-14-12-16-21(30-32(3)23(16)13-10-17(26)20(28)18(27)11-13)19(6-2)34(14)25(35)22-15-8-7-9-29-24(15)33(4)31-22/h7-11,14,19H,5-6,12H2,1-4H3. The van der Waals surface area contributed by atoms with E-state index in [9.17, 15) is 18.0 Å². The van der Waals surface area contributed by atoms with E-state index < -0.39 is 17.5 Å². The fourth-order valence-corrected chi connectivity index (χ4v) is 5.24. The Morgan fingerprint density at radius 3 is 2.43 bits per heavy atom. The van der Waals surface area contributed by atoms with Crippen LogP contribution in [0.4, 0.5) is 13.2 Å². The summed E-state index contributed by atoms with van der Waals surface area (Å²) in [5, 5.41) is 9.82. The van der Waals surface area contributed by atoms with Crippen LogP contribution in [0.25, 0.3) is 22.3 Å². The zero-order valence-corrected chi connectivity index (χ0v) is 19.9. The summed E-state index contributed by atoms with van der Waals surface area (Å²) in [5.74, 6) is -4.22. The third-order valence-electron chi connectivity index (χ3n) is 6.81. The lowest BCUT2D eigenvalue weighted by Gasteiger charge is -2.41. The van der Waals surface area contributed by atoms with Gasteiger partial charge in [-0.15, -0.1) is 0 Å². The van der Waals surface area contributed by atoms with Crippen molar-refractivity contribution in [3.63, 3.8) is 0 Å². The molecule has 5 rings (SSSR count). The zero-order chi connectivity index (χ0) is 25.0. The van der Waals surface area contributed by atoms with Crippen molar-refractivity contribution in [2.45, 2.75) is 45.2 Å². The number of carbonyl (C=O) groups excluding carboxylic acids is 1. The lowest BCUT2D eigenvalue weighted by Crippen LogP contribution is -2.47. The summed E-state index contributed by atoms with van der Waals surface area (Å²) >= 11 is 0. The molecule has 2 atom stereocenters. The number of nitrogens with zero attached hydrogens (tertiary/aromatic N) is 6. The van der Waals surface area contributed by atoms with E-state index >= 15 is 0 Å². The number of aromatic nitrogens is 5. The quantitative estimate of drug-likeness (QED) is 0.395. The normalized spacial score (nSPS) is 17.7. The molecule has 0 N–H and O–H groups in total. The van der Waals surface area contributed by atoms with Crippen LogP contribution in [0, 0.1) is 17.5 Å². The molecule has 1 aromatic carbocycles. The second-order valence-electron chi connectivity index (χ2n) is 8.84. The lowest BCUT2D eigenvalue weighted by molar-refractivity contribution is 0.0508. The highest BCUT2D eigenvalue weighted by atomic mass is 19.2. The molecule has 0 aliphatic carbocycles. The van der Waals surface area contributed by atoms with Gasteiger partial charge in [0.25, 0.3) is 5.91 Å². The molecule has 10 heteroatoms. The van der Waals surface area contributed by atoms with Crippen LogP contribution in [0.2, 0.25) is 0 Å². The van der Waals surface area contributed by atoms with Crippen LogP contribution in [-0.2, 0) is 20.5 Å². The first-order valence-corrected chi connectivity index (χ1v) is 11.6.